The van der Waals surface area contributed by atoms with E-state index in [9.17, 15) is 4.79 Å². The van der Waals surface area contributed by atoms with Crippen LogP contribution in [0.2, 0.25) is 0 Å². The lowest BCUT2D eigenvalue weighted by atomic mass is 10.1. The predicted molar refractivity (Wildman–Crippen MR) is 113 cm³/mol. The van der Waals surface area contributed by atoms with Crippen LogP contribution >= 0.6 is 0 Å². The molecule has 0 aliphatic carbocycles. The Labute approximate surface area is 165 Å². The second-order valence-corrected chi connectivity index (χ2v) is 6.99. The number of ether oxygens (including phenoxy) is 1. The molecule has 1 rings (SSSR count). The van der Waals surface area contributed by atoms with Crippen molar-refractivity contribution in [3.05, 3.63) is 54.4 Å². The average Bonchev–Trinajstić information content (AvgIpc) is 2.70. The van der Waals surface area contributed by atoms with E-state index in [0.717, 1.165) is 31.2 Å². The van der Waals surface area contributed by atoms with Crippen molar-refractivity contribution in [2.45, 2.75) is 90.6 Å². The summed E-state index contributed by atoms with van der Waals surface area (Å²) < 4.78 is 5.25. The standard InChI is InChI=1S/C24H37NO2/c1-2-3-4-5-6-7-8-9-10-11-12-13-14-15-16-19-24(26)27-22-23-18-17-20-25-21-23/h6-7,11-12,17-18,20-21H,2-5,8-10,13-16,19,22H2,1H3/b7-6-,12-11-. The van der Waals surface area contributed by atoms with Gasteiger partial charge >= 0.3 is 5.97 Å². The van der Waals surface area contributed by atoms with E-state index in [1.54, 1.807) is 12.4 Å². The molecule has 0 amide bonds. The van der Waals surface area contributed by atoms with Crippen LogP contribution in [0.5, 0.6) is 0 Å². The van der Waals surface area contributed by atoms with Crippen molar-refractivity contribution in [3.8, 4) is 0 Å². The van der Waals surface area contributed by atoms with Crippen LogP contribution in [0, 0.1) is 0 Å². The highest BCUT2D eigenvalue weighted by atomic mass is 16.5. The first kappa shape index (κ1) is 23.1. The minimum absolute atomic E-state index is 0.114. The molecule has 3 heteroatoms. The Balaban J connectivity index is 1.86. The van der Waals surface area contributed by atoms with Crippen LogP contribution < -0.4 is 0 Å². The summed E-state index contributed by atoms with van der Waals surface area (Å²) in [6.45, 7) is 2.57. The first-order valence-electron chi connectivity index (χ1n) is 10.7. The lowest BCUT2D eigenvalue weighted by Gasteiger charge is -2.04. The number of hydrogen-bond donors (Lipinski definition) is 0. The van der Waals surface area contributed by atoms with Gasteiger partial charge in [0.15, 0.2) is 0 Å². The largest absolute Gasteiger partial charge is 0.461 e. The summed E-state index contributed by atoms with van der Waals surface area (Å²) in [7, 11) is 0. The van der Waals surface area contributed by atoms with Gasteiger partial charge in [-0.1, -0.05) is 56.6 Å². The zero-order valence-electron chi connectivity index (χ0n) is 17.1. The highest BCUT2D eigenvalue weighted by Crippen LogP contribution is 2.08. The van der Waals surface area contributed by atoms with E-state index >= 15 is 0 Å². The molecule has 1 heterocycles. The number of nitrogens with zero attached hydrogens (tertiary/aromatic N) is 1. The van der Waals surface area contributed by atoms with Crippen LogP contribution in [0.15, 0.2) is 48.8 Å². The minimum atomic E-state index is -0.114. The number of esters is 1. The van der Waals surface area contributed by atoms with Crippen LogP contribution in [-0.2, 0) is 16.1 Å². The molecular formula is C24H37NO2. The smallest absolute Gasteiger partial charge is 0.306 e. The Hall–Kier alpha value is -1.90. The highest BCUT2D eigenvalue weighted by molar-refractivity contribution is 5.69. The van der Waals surface area contributed by atoms with Crippen molar-refractivity contribution in [2.24, 2.45) is 0 Å². The number of allylic oxidation sites excluding steroid dienone is 4. The van der Waals surface area contributed by atoms with Crippen LogP contribution in [-0.4, -0.2) is 11.0 Å². The van der Waals surface area contributed by atoms with Gasteiger partial charge in [0.05, 0.1) is 0 Å². The van der Waals surface area contributed by atoms with E-state index in [4.69, 9.17) is 4.74 Å². The van der Waals surface area contributed by atoms with Crippen LogP contribution in [0.3, 0.4) is 0 Å². The van der Waals surface area contributed by atoms with Crippen molar-refractivity contribution in [3.63, 3.8) is 0 Å². The maximum Gasteiger partial charge on any atom is 0.306 e. The molecular weight excluding hydrogens is 334 g/mol. The Kier molecular flexibility index (Phi) is 15.0. The highest BCUT2D eigenvalue weighted by Gasteiger charge is 2.03. The fourth-order valence-electron chi connectivity index (χ4n) is 2.76. The van der Waals surface area contributed by atoms with Gasteiger partial charge in [-0.05, 0) is 57.4 Å². The molecule has 0 unspecified atom stereocenters. The molecule has 1 aromatic heterocycles. The van der Waals surface area contributed by atoms with Crippen LogP contribution in [0.25, 0.3) is 0 Å². The fraction of sp³-hybridized carbons (Fsp3) is 0.583. The average molecular weight is 372 g/mol. The quantitative estimate of drug-likeness (QED) is 0.179. The van der Waals surface area contributed by atoms with E-state index in [-0.39, 0.29) is 5.97 Å². The molecule has 150 valence electrons. The molecule has 0 saturated carbocycles. The van der Waals surface area contributed by atoms with E-state index in [2.05, 4.69) is 36.2 Å². The Morgan fingerprint density at radius 3 is 2.22 bits per heavy atom. The zero-order chi connectivity index (χ0) is 19.4. The van der Waals surface area contributed by atoms with Crippen LogP contribution in [0.4, 0.5) is 0 Å². The third kappa shape index (κ3) is 14.9. The van der Waals surface area contributed by atoms with Gasteiger partial charge in [0.1, 0.15) is 6.61 Å². The number of aromatic nitrogens is 1. The number of pyridine rings is 1. The molecule has 0 spiro atoms. The zero-order valence-corrected chi connectivity index (χ0v) is 17.1. The van der Waals surface area contributed by atoms with E-state index < -0.39 is 0 Å². The number of carbonyl (C=O) groups is 1. The number of carbonyl (C=O) groups excluding carboxylic acids is 1. The second kappa shape index (κ2) is 17.5. The van der Waals surface area contributed by atoms with E-state index in [1.807, 2.05) is 12.1 Å². The first-order valence-corrected chi connectivity index (χ1v) is 10.7. The van der Waals surface area contributed by atoms with Gasteiger partial charge in [0.25, 0.3) is 0 Å². The monoisotopic (exact) mass is 371 g/mol. The molecule has 0 aliphatic heterocycles. The normalized spacial score (nSPS) is 11.4. The first-order chi connectivity index (χ1) is 13.3. The Morgan fingerprint density at radius 1 is 0.926 bits per heavy atom. The van der Waals surface area contributed by atoms with Crippen molar-refractivity contribution in [2.75, 3.05) is 0 Å². The molecule has 3 nitrogen and oxygen atoms in total. The van der Waals surface area contributed by atoms with E-state index in [0.29, 0.717) is 13.0 Å². The maximum absolute atomic E-state index is 11.7. The molecule has 0 saturated heterocycles. The van der Waals surface area contributed by atoms with Crippen molar-refractivity contribution in [1.29, 1.82) is 0 Å². The molecule has 0 fully saturated rings. The number of rotatable bonds is 16. The summed E-state index contributed by atoms with van der Waals surface area (Å²) >= 11 is 0. The maximum atomic E-state index is 11.7. The van der Waals surface area contributed by atoms with Crippen molar-refractivity contribution in [1.82, 2.24) is 4.98 Å². The third-order valence-corrected chi connectivity index (χ3v) is 4.42. The predicted octanol–water partition coefficient (Wildman–Crippen LogP) is 6.94. The van der Waals surface area contributed by atoms with Gasteiger partial charge in [0, 0.05) is 24.4 Å². The van der Waals surface area contributed by atoms with Gasteiger partial charge in [0.2, 0.25) is 0 Å². The molecule has 0 aromatic carbocycles. The van der Waals surface area contributed by atoms with Crippen LogP contribution in [0.1, 0.15) is 89.5 Å². The molecule has 0 atom stereocenters. The Morgan fingerprint density at radius 2 is 1.59 bits per heavy atom. The summed E-state index contributed by atoms with van der Waals surface area (Å²) in [5.41, 5.74) is 0.933. The van der Waals surface area contributed by atoms with E-state index in [1.165, 1.54) is 44.9 Å². The van der Waals surface area contributed by atoms with Gasteiger partial charge in [-0.15, -0.1) is 0 Å². The summed E-state index contributed by atoms with van der Waals surface area (Å²) in [6.07, 6.45) is 26.2. The fourth-order valence-corrected chi connectivity index (χ4v) is 2.76. The van der Waals surface area contributed by atoms with Gasteiger partial charge < -0.3 is 4.74 Å². The molecule has 0 bridgehead atoms. The Bertz CT molecular complexity index is 522. The lowest BCUT2D eigenvalue weighted by Crippen LogP contribution is -2.04. The molecule has 0 radical (unpaired) electrons. The topological polar surface area (TPSA) is 39.2 Å². The van der Waals surface area contributed by atoms with Crippen molar-refractivity contribution < 1.29 is 9.53 Å². The van der Waals surface area contributed by atoms with Gasteiger partial charge in [-0.25, -0.2) is 0 Å². The van der Waals surface area contributed by atoms with Gasteiger partial charge in [-0.3, -0.25) is 9.78 Å². The summed E-state index contributed by atoms with van der Waals surface area (Å²) in [5.74, 6) is -0.114. The summed E-state index contributed by atoms with van der Waals surface area (Å²) in [6, 6.07) is 3.76. The third-order valence-electron chi connectivity index (χ3n) is 4.42. The number of unbranched alkanes of at least 4 members (excludes halogenated alkanes) is 8. The second-order valence-electron chi connectivity index (χ2n) is 6.99. The minimum Gasteiger partial charge on any atom is -0.461 e. The SMILES string of the molecule is CCCCC/C=C\CCC/C=C\CCCCCC(=O)OCc1cccnc1. The molecule has 27 heavy (non-hydrogen) atoms. The molecule has 0 N–H and O–H groups in total. The summed E-state index contributed by atoms with van der Waals surface area (Å²) in [4.78, 5) is 15.7. The lowest BCUT2D eigenvalue weighted by molar-refractivity contribution is -0.145. The number of hydrogen-bond acceptors (Lipinski definition) is 3. The molecule has 0 aliphatic rings. The van der Waals surface area contributed by atoms with Crippen molar-refractivity contribution >= 4 is 5.97 Å². The summed E-state index contributed by atoms with van der Waals surface area (Å²) in [5, 5.41) is 0. The molecule has 1 aromatic rings. The van der Waals surface area contributed by atoms with Gasteiger partial charge in [-0.2, -0.15) is 0 Å².